The zero-order chi connectivity index (χ0) is 11.4. The second-order valence-electron chi connectivity index (χ2n) is 2.75. The molecule has 0 fully saturated rings. The van der Waals surface area contributed by atoms with E-state index in [-0.39, 0.29) is 18.0 Å². The third-order valence-electron chi connectivity index (χ3n) is 1.95. The molecule has 1 N–H and O–H groups in total. The van der Waals surface area contributed by atoms with Crippen LogP contribution in [0.5, 0.6) is 11.5 Å². The highest BCUT2D eigenvalue weighted by molar-refractivity contribution is 5.54. The third kappa shape index (κ3) is 2.16. The molecule has 82 valence electrons. The van der Waals surface area contributed by atoms with Crippen molar-refractivity contribution >= 4 is 5.69 Å². The van der Waals surface area contributed by atoms with Gasteiger partial charge in [-0.15, -0.1) is 0 Å². The molecule has 0 aliphatic carbocycles. The van der Waals surface area contributed by atoms with E-state index in [0.717, 1.165) is 0 Å². The first kappa shape index (κ1) is 11.3. The minimum atomic E-state index is -0.572. The maximum atomic E-state index is 10.7. The molecule has 1 rings (SSSR count). The van der Waals surface area contributed by atoms with Gasteiger partial charge < -0.3 is 14.6 Å². The summed E-state index contributed by atoms with van der Waals surface area (Å²) in [4.78, 5) is 10.1. The molecular weight excluding hydrogens is 202 g/mol. The van der Waals surface area contributed by atoms with Crippen LogP contribution in [0.1, 0.15) is 5.56 Å². The van der Waals surface area contributed by atoms with E-state index in [1.807, 2.05) is 0 Å². The van der Waals surface area contributed by atoms with Gasteiger partial charge in [0.2, 0.25) is 5.75 Å². The normalized spacial score (nSPS) is 9.80. The van der Waals surface area contributed by atoms with E-state index in [0.29, 0.717) is 11.3 Å². The van der Waals surface area contributed by atoms with Crippen LogP contribution in [0.3, 0.4) is 0 Å². The Hall–Kier alpha value is -1.82. The predicted molar refractivity (Wildman–Crippen MR) is 52.1 cm³/mol. The second kappa shape index (κ2) is 4.61. The third-order valence-corrected chi connectivity index (χ3v) is 1.95. The summed E-state index contributed by atoms with van der Waals surface area (Å²) in [5, 5.41) is 19.6. The average molecular weight is 213 g/mol. The molecule has 0 saturated heterocycles. The van der Waals surface area contributed by atoms with Crippen molar-refractivity contribution in [2.75, 3.05) is 14.2 Å². The van der Waals surface area contributed by atoms with Gasteiger partial charge in [0.25, 0.3) is 0 Å². The highest BCUT2D eigenvalue weighted by Crippen LogP contribution is 2.34. The Labute approximate surface area is 86.2 Å². The Morgan fingerprint density at radius 3 is 2.33 bits per heavy atom. The molecule has 0 atom stereocenters. The van der Waals surface area contributed by atoms with Crippen molar-refractivity contribution in [2.24, 2.45) is 0 Å². The van der Waals surface area contributed by atoms with Crippen molar-refractivity contribution in [3.8, 4) is 11.5 Å². The van der Waals surface area contributed by atoms with Crippen molar-refractivity contribution in [1.82, 2.24) is 0 Å². The molecule has 0 saturated carbocycles. The first-order valence-corrected chi connectivity index (χ1v) is 4.14. The minimum Gasteiger partial charge on any atom is -0.496 e. The lowest BCUT2D eigenvalue weighted by molar-refractivity contribution is -0.385. The lowest BCUT2D eigenvalue weighted by Gasteiger charge is -2.08. The fourth-order valence-corrected chi connectivity index (χ4v) is 1.21. The van der Waals surface area contributed by atoms with E-state index in [9.17, 15) is 10.1 Å². The largest absolute Gasteiger partial charge is 0.496 e. The molecule has 1 aromatic rings. The minimum absolute atomic E-state index is 0.106. The molecule has 0 heterocycles. The smallest absolute Gasteiger partial charge is 0.311 e. The summed E-state index contributed by atoms with van der Waals surface area (Å²) in [7, 11) is 2.75. The number of aliphatic hydroxyl groups is 1. The molecule has 1 aromatic carbocycles. The standard InChI is InChI=1S/C9H11NO5/c1-14-8-4-9(15-2)7(10(12)13)3-6(8)5-11/h3-4,11H,5H2,1-2H3. The summed E-state index contributed by atoms with van der Waals surface area (Å²) in [5.41, 5.74) is 0.160. The number of hydrogen-bond acceptors (Lipinski definition) is 5. The van der Waals surface area contributed by atoms with Crippen LogP contribution in [0.15, 0.2) is 12.1 Å². The quantitative estimate of drug-likeness (QED) is 0.598. The van der Waals surface area contributed by atoms with E-state index in [4.69, 9.17) is 14.6 Å². The van der Waals surface area contributed by atoms with Gasteiger partial charge in [0.15, 0.2) is 0 Å². The van der Waals surface area contributed by atoms with Gasteiger partial charge in [0, 0.05) is 17.7 Å². The first-order valence-electron chi connectivity index (χ1n) is 4.14. The van der Waals surface area contributed by atoms with Gasteiger partial charge in [-0.2, -0.15) is 0 Å². The number of ether oxygens (including phenoxy) is 2. The SMILES string of the molecule is COc1cc(OC)c([N+](=O)[O-])cc1CO. The van der Waals surface area contributed by atoms with Gasteiger partial charge in [-0.25, -0.2) is 0 Å². The number of nitrogens with zero attached hydrogens (tertiary/aromatic N) is 1. The Morgan fingerprint density at radius 2 is 1.93 bits per heavy atom. The van der Waals surface area contributed by atoms with Crippen LogP contribution in [0.4, 0.5) is 5.69 Å². The summed E-state index contributed by atoms with van der Waals surface area (Å²) in [6.07, 6.45) is 0. The van der Waals surface area contributed by atoms with E-state index in [2.05, 4.69) is 0 Å². The van der Waals surface area contributed by atoms with Crippen LogP contribution >= 0.6 is 0 Å². The molecule has 0 aliphatic heterocycles. The van der Waals surface area contributed by atoms with E-state index in [1.165, 1.54) is 26.4 Å². The highest BCUT2D eigenvalue weighted by Gasteiger charge is 2.18. The Balaban J connectivity index is 3.34. The van der Waals surface area contributed by atoms with Crippen molar-refractivity contribution in [3.05, 3.63) is 27.8 Å². The number of nitro groups is 1. The predicted octanol–water partition coefficient (Wildman–Crippen LogP) is 1.10. The topological polar surface area (TPSA) is 81.8 Å². The van der Waals surface area contributed by atoms with Gasteiger partial charge in [0.1, 0.15) is 5.75 Å². The van der Waals surface area contributed by atoms with Crippen molar-refractivity contribution in [3.63, 3.8) is 0 Å². The fraction of sp³-hybridized carbons (Fsp3) is 0.333. The highest BCUT2D eigenvalue weighted by atomic mass is 16.6. The molecule has 0 radical (unpaired) electrons. The maximum absolute atomic E-state index is 10.7. The number of rotatable bonds is 4. The molecule has 6 heteroatoms. The molecule has 0 aromatic heterocycles. The number of hydrogen-bond donors (Lipinski definition) is 1. The van der Waals surface area contributed by atoms with Gasteiger partial charge in [0.05, 0.1) is 25.7 Å². The summed E-state index contributed by atoms with van der Waals surface area (Å²) in [6.45, 7) is -0.325. The van der Waals surface area contributed by atoms with Crippen molar-refractivity contribution < 1.29 is 19.5 Å². The van der Waals surface area contributed by atoms with Crippen LogP contribution in [0.25, 0.3) is 0 Å². The second-order valence-corrected chi connectivity index (χ2v) is 2.75. The van der Waals surface area contributed by atoms with E-state index >= 15 is 0 Å². The fourth-order valence-electron chi connectivity index (χ4n) is 1.21. The van der Waals surface area contributed by atoms with Crippen LogP contribution < -0.4 is 9.47 Å². The van der Waals surface area contributed by atoms with Gasteiger partial charge >= 0.3 is 5.69 Å². The molecule has 0 aliphatic rings. The Morgan fingerprint density at radius 1 is 1.33 bits per heavy atom. The Kier molecular flexibility index (Phi) is 3.46. The first-order chi connectivity index (χ1) is 7.13. The zero-order valence-corrected chi connectivity index (χ0v) is 8.39. The maximum Gasteiger partial charge on any atom is 0.311 e. The number of methoxy groups -OCH3 is 2. The summed E-state index contributed by atoms with van der Waals surface area (Å²) in [6, 6.07) is 2.61. The average Bonchev–Trinajstić information content (AvgIpc) is 2.26. The summed E-state index contributed by atoms with van der Waals surface area (Å²) in [5.74, 6) is 0.467. The Bertz CT molecular complexity index is 377. The lowest BCUT2D eigenvalue weighted by atomic mass is 10.1. The van der Waals surface area contributed by atoms with Gasteiger partial charge in [-0.05, 0) is 0 Å². The number of aliphatic hydroxyl groups excluding tert-OH is 1. The van der Waals surface area contributed by atoms with Crippen molar-refractivity contribution in [1.29, 1.82) is 0 Å². The molecule has 6 nitrogen and oxygen atoms in total. The summed E-state index contributed by atoms with van der Waals surface area (Å²) < 4.78 is 9.80. The van der Waals surface area contributed by atoms with E-state index < -0.39 is 4.92 Å². The van der Waals surface area contributed by atoms with Gasteiger partial charge in [-0.1, -0.05) is 0 Å². The summed E-state index contributed by atoms with van der Waals surface area (Å²) >= 11 is 0. The van der Waals surface area contributed by atoms with Crippen LogP contribution in [-0.2, 0) is 6.61 Å². The van der Waals surface area contributed by atoms with Gasteiger partial charge in [-0.3, -0.25) is 10.1 Å². The molecule has 0 bridgehead atoms. The number of nitro benzene ring substituents is 1. The van der Waals surface area contributed by atoms with Crippen LogP contribution in [0, 0.1) is 10.1 Å². The molecule has 0 unspecified atom stereocenters. The lowest BCUT2D eigenvalue weighted by Crippen LogP contribution is -1.98. The van der Waals surface area contributed by atoms with Crippen LogP contribution in [-0.4, -0.2) is 24.2 Å². The molecule has 15 heavy (non-hydrogen) atoms. The van der Waals surface area contributed by atoms with Crippen LogP contribution in [0.2, 0.25) is 0 Å². The van der Waals surface area contributed by atoms with Crippen molar-refractivity contribution in [2.45, 2.75) is 6.61 Å². The molecule has 0 spiro atoms. The zero-order valence-electron chi connectivity index (χ0n) is 8.39. The monoisotopic (exact) mass is 213 g/mol. The van der Waals surface area contributed by atoms with E-state index in [1.54, 1.807) is 0 Å². The molecule has 0 amide bonds. The molecular formula is C9H11NO5. The number of benzene rings is 1.